The smallest absolute Gasteiger partial charge is 0.327 e. The summed E-state index contributed by atoms with van der Waals surface area (Å²) in [5.41, 5.74) is 8.33. The molecule has 3 heterocycles. The topological polar surface area (TPSA) is 110 Å². The van der Waals surface area contributed by atoms with Crippen LogP contribution < -0.4 is 26.0 Å². The van der Waals surface area contributed by atoms with Crippen molar-refractivity contribution >= 4 is 35.1 Å². The lowest BCUT2D eigenvalue weighted by molar-refractivity contribution is -0.121. The number of nitrogens with two attached hydrogens (primary N) is 1. The third-order valence-electron chi connectivity index (χ3n) is 6.66. The molecule has 8 nitrogen and oxygen atoms in total. The third kappa shape index (κ3) is 4.11. The van der Waals surface area contributed by atoms with Crippen molar-refractivity contribution in [3.63, 3.8) is 0 Å². The molecule has 4 N–H and O–H groups in total. The van der Waals surface area contributed by atoms with E-state index in [9.17, 15) is 9.59 Å². The van der Waals surface area contributed by atoms with E-state index in [0.29, 0.717) is 11.4 Å². The Morgan fingerprint density at radius 2 is 1.86 bits per heavy atom. The number of anilines is 2. The lowest BCUT2D eigenvalue weighted by atomic mass is 9.99. The Labute approximate surface area is 207 Å². The number of urea groups is 1. The maximum absolute atomic E-state index is 13.3. The fourth-order valence-corrected chi connectivity index (χ4v) is 6.24. The molecular weight excluding hydrogens is 462 g/mol. The summed E-state index contributed by atoms with van der Waals surface area (Å²) in [5, 5.41) is 6.48. The summed E-state index contributed by atoms with van der Waals surface area (Å²) < 4.78 is 5.88. The molecule has 2 unspecified atom stereocenters. The molecule has 3 aliphatic rings. The van der Waals surface area contributed by atoms with Gasteiger partial charge in [-0.25, -0.2) is 9.78 Å². The average Bonchev–Trinajstić information content (AvgIpc) is 3.44. The SMILES string of the molecule is N[C@@H]1CC[C@H](NC(=O)C2Sc3nccc4c3C2NC(=O)N4c2ccc(Oc3ccccc3)cc2)C1. The van der Waals surface area contributed by atoms with Crippen LogP contribution in [0.2, 0.25) is 0 Å². The number of aromatic nitrogens is 1. The summed E-state index contributed by atoms with van der Waals surface area (Å²) in [6, 6.07) is 18.2. The van der Waals surface area contributed by atoms with Crippen molar-refractivity contribution in [2.45, 2.75) is 47.7 Å². The normalized spacial score (nSPS) is 24.6. The number of rotatable bonds is 5. The van der Waals surface area contributed by atoms with E-state index < -0.39 is 11.3 Å². The predicted molar refractivity (Wildman–Crippen MR) is 134 cm³/mol. The lowest BCUT2D eigenvalue weighted by Crippen LogP contribution is -2.50. The number of thioether (sulfide) groups is 1. The van der Waals surface area contributed by atoms with Gasteiger partial charge in [-0.1, -0.05) is 30.0 Å². The van der Waals surface area contributed by atoms with Crippen molar-refractivity contribution in [3.8, 4) is 11.5 Å². The fourth-order valence-electron chi connectivity index (χ4n) is 5.00. The third-order valence-corrected chi connectivity index (χ3v) is 7.95. The predicted octanol–water partition coefficient (Wildman–Crippen LogP) is 4.25. The Kier molecular flexibility index (Phi) is 5.58. The van der Waals surface area contributed by atoms with Gasteiger partial charge in [-0.2, -0.15) is 0 Å². The number of nitrogens with one attached hydrogen (secondary N) is 2. The van der Waals surface area contributed by atoms with Gasteiger partial charge in [0.2, 0.25) is 5.91 Å². The van der Waals surface area contributed by atoms with Crippen LogP contribution in [0.1, 0.15) is 30.9 Å². The summed E-state index contributed by atoms with van der Waals surface area (Å²) in [5.74, 6) is 1.33. The number of hydrogen-bond donors (Lipinski definition) is 3. The molecule has 4 atom stereocenters. The Morgan fingerprint density at radius 3 is 2.60 bits per heavy atom. The van der Waals surface area contributed by atoms with Crippen molar-refractivity contribution < 1.29 is 14.3 Å². The van der Waals surface area contributed by atoms with Gasteiger partial charge in [0.15, 0.2) is 0 Å². The standard InChI is InChI=1S/C26H25N5O3S/c27-15-6-7-16(14-15)29-24(32)23-22-21-20(12-13-28-25(21)35-23)31(26(33)30-22)17-8-10-19(11-9-17)34-18-4-2-1-3-5-18/h1-5,8-13,15-16,22-23H,6-7,14,27H2,(H,29,32)(H,30,33)/t15-,16+,22?,23?/m1/s1. The molecule has 3 amide bonds. The van der Waals surface area contributed by atoms with Crippen LogP contribution in [0.25, 0.3) is 0 Å². The highest BCUT2D eigenvalue weighted by molar-refractivity contribution is 8.01. The molecule has 178 valence electrons. The summed E-state index contributed by atoms with van der Waals surface area (Å²) in [6.45, 7) is 0. The van der Waals surface area contributed by atoms with Crippen LogP contribution in [0.5, 0.6) is 11.5 Å². The van der Waals surface area contributed by atoms with Gasteiger partial charge in [-0.15, -0.1) is 0 Å². The van der Waals surface area contributed by atoms with Gasteiger partial charge in [-0.05, 0) is 61.7 Å². The molecule has 1 fully saturated rings. The highest BCUT2D eigenvalue weighted by Crippen LogP contribution is 2.50. The minimum Gasteiger partial charge on any atom is -0.457 e. The van der Waals surface area contributed by atoms with Crippen molar-refractivity contribution in [1.82, 2.24) is 15.6 Å². The van der Waals surface area contributed by atoms with Gasteiger partial charge in [0.25, 0.3) is 0 Å². The molecule has 2 aromatic carbocycles. The molecule has 1 aromatic heterocycles. The quantitative estimate of drug-likeness (QED) is 0.497. The minimum atomic E-state index is -0.469. The van der Waals surface area contributed by atoms with Gasteiger partial charge in [0, 0.05) is 23.8 Å². The van der Waals surface area contributed by atoms with Crippen LogP contribution in [0.3, 0.4) is 0 Å². The zero-order chi connectivity index (χ0) is 23.9. The fraction of sp³-hybridized carbons (Fsp3) is 0.269. The second kappa shape index (κ2) is 8.90. The molecule has 9 heteroatoms. The second-order valence-electron chi connectivity index (χ2n) is 9.04. The first-order valence-corrected chi connectivity index (χ1v) is 12.6. The number of hydrogen-bond acceptors (Lipinski definition) is 6. The van der Waals surface area contributed by atoms with Gasteiger partial charge < -0.3 is 21.1 Å². The summed E-state index contributed by atoms with van der Waals surface area (Å²) in [4.78, 5) is 32.6. The summed E-state index contributed by atoms with van der Waals surface area (Å²) in [7, 11) is 0. The minimum absolute atomic E-state index is 0.0841. The maximum atomic E-state index is 13.3. The zero-order valence-corrected chi connectivity index (χ0v) is 19.7. The van der Waals surface area contributed by atoms with Crippen LogP contribution in [0.15, 0.2) is 71.9 Å². The highest BCUT2D eigenvalue weighted by Gasteiger charge is 2.47. The number of pyridine rings is 1. The van der Waals surface area contributed by atoms with E-state index in [4.69, 9.17) is 10.5 Å². The number of carbonyl (C=O) groups excluding carboxylic acids is 2. The average molecular weight is 488 g/mol. The van der Waals surface area contributed by atoms with Crippen molar-refractivity contribution in [3.05, 3.63) is 72.4 Å². The van der Waals surface area contributed by atoms with Crippen molar-refractivity contribution in [1.29, 1.82) is 0 Å². The van der Waals surface area contributed by atoms with Crippen LogP contribution in [-0.4, -0.2) is 34.3 Å². The van der Waals surface area contributed by atoms with E-state index in [0.717, 1.165) is 41.3 Å². The summed E-state index contributed by atoms with van der Waals surface area (Å²) in [6.07, 6.45) is 4.27. The maximum Gasteiger partial charge on any atom is 0.327 e. The number of benzene rings is 2. The van der Waals surface area contributed by atoms with E-state index in [1.807, 2.05) is 60.7 Å². The van der Waals surface area contributed by atoms with E-state index >= 15 is 0 Å². The van der Waals surface area contributed by atoms with Gasteiger partial charge >= 0.3 is 6.03 Å². The number of para-hydroxylation sites is 1. The van der Waals surface area contributed by atoms with Gasteiger partial charge in [0.05, 0.1) is 17.4 Å². The van der Waals surface area contributed by atoms with Crippen LogP contribution >= 0.6 is 11.8 Å². The monoisotopic (exact) mass is 487 g/mol. The molecule has 0 saturated heterocycles. The molecular formula is C26H25N5O3S. The second-order valence-corrected chi connectivity index (χ2v) is 10.2. The van der Waals surface area contributed by atoms with E-state index in [-0.39, 0.29) is 24.0 Å². The number of nitrogens with zero attached hydrogens (tertiary/aromatic N) is 2. The Hall–Kier alpha value is -3.56. The zero-order valence-electron chi connectivity index (χ0n) is 18.9. The van der Waals surface area contributed by atoms with E-state index in [1.54, 1.807) is 11.1 Å². The largest absolute Gasteiger partial charge is 0.457 e. The lowest BCUT2D eigenvalue weighted by Gasteiger charge is -2.34. The van der Waals surface area contributed by atoms with Crippen molar-refractivity contribution in [2.75, 3.05) is 4.90 Å². The highest BCUT2D eigenvalue weighted by atomic mass is 32.2. The molecule has 0 bridgehead atoms. The first kappa shape index (κ1) is 21.9. The Bertz CT molecular complexity index is 1270. The molecule has 6 rings (SSSR count). The molecule has 3 aromatic rings. The van der Waals surface area contributed by atoms with Crippen LogP contribution in [-0.2, 0) is 4.79 Å². The van der Waals surface area contributed by atoms with Gasteiger partial charge in [0.1, 0.15) is 21.8 Å². The molecule has 2 aliphatic heterocycles. The molecule has 1 saturated carbocycles. The first-order valence-electron chi connectivity index (χ1n) is 11.7. The molecule has 35 heavy (non-hydrogen) atoms. The van der Waals surface area contributed by atoms with Crippen molar-refractivity contribution in [2.24, 2.45) is 5.73 Å². The molecule has 1 aliphatic carbocycles. The first-order chi connectivity index (χ1) is 17.1. The Balaban J connectivity index is 1.24. The van der Waals surface area contributed by atoms with Crippen LogP contribution in [0.4, 0.5) is 16.2 Å². The van der Waals surface area contributed by atoms with E-state index in [2.05, 4.69) is 15.6 Å². The Morgan fingerprint density at radius 1 is 1.09 bits per heavy atom. The number of carbonyl (C=O) groups is 2. The number of amides is 3. The number of ether oxygens (including phenoxy) is 1. The van der Waals surface area contributed by atoms with Crippen LogP contribution in [0, 0.1) is 0 Å². The molecule has 0 radical (unpaired) electrons. The molecule has 0 spiro atoms. The summed E-state index contributed by atoms with van der Waals surface area (Å²) >= 11 is 1.40. The van der Waals surface area contributed by atoms with E-state index in [1.165, 1.54) is 11.8 Å². The van der Waals surface area contributed by atoms with Gasteiger partial charge in [-0.3, -0.25) is 9.69 Å².